The van der Waals surface area contributed by atoms with Crippen molar-refractivity contribution in [2.45, 2.75) is 13.3 Å². The molecule has 4 nitrogen and oxygen atoms in total. The van der Waals surface area contributed by atoms with E-state index in [4.69, 9.17) is 11.6 Å². The van der Waals surface area contributed by atoms with Gasteiger partial charge in [0.1, 0.15) is 5.82 Å². The van der Waals surface area contributed by atoms with Crippen molar-refractivity contribution in [3.8, 4) is 0 Å². The molecule has 0 radical (unpaired) electrons. The van der Waals surface area contributed by atoms with Crippen molar-refractivity contribution in [3.05, 3.63) is 51.6 Å². The first kappa shape index (κ1) is 15.8. The van der Waals surface area contributed by atoms with Crippen LogP contribution in [0.5, 0.6) is 0 Å². The van der Waals surface area contributed by atoms with Gasteiger partial charge >= 0.3 is 0 Å². The molecule has 0 aliphatic rings. The van der Waals surface area contributed by atoms with Crippen molar-refractivity contribution < 1.29 is 4.79 Å². The van der Waals surface area contributed by atoms with Crippen molar-refractivity contribution in [2.24, 2.45) is 0 Å². The molecule has 0 saturated heterocycles. The van der Waals surface area contributed by atoms with Crippen LogP contribution < -0.4 is 10.6 Å². The number of anilines is 2. The molecule has 0 unspecified atom stereocenters. The van der Waals surface area contributed by atoms with Gasteiger partial charge in [0.05, 0.1) is 10.7 Å². The van der Waals surface area contributed by atoms with Crippen molar-refractivity contribution >= 4 is 44.9 Å². The van der Waals surface area contributed by atoms with E-state index in [2.05, 4.69) is 38.5 Å². The van der Waals surface area contributed by atoms with E-state index >= 15 is 0 Å². The fourth-order valence-electron chi connectivity index (χ4n) is 1.71. The second-order valence-corrected chi connectivity index (χ2v) is 5.76. The van der Waals surface area contributed by atoms with Gasteiger partial charge in [0.2, 0.25) is 0 Å². The van der Waals surface area contributed by atoms with E-state index in [-0.39, 0.29) is 5.91 Å². The van der Waals surface area contributed by atoms with E-state index in [0.717, 1.165) is 17.4 Å². The lowest BCUT2D eigenvalue weighted by Crippen LogP contribution is -2.13. The zero-order valence-corrected chi connectivity index (χ0v) is 13.8. The lowest BCUT2D eigenvalue weighted by molar-refractivity contribution is 0.102. The molecule has 0 aliphatic heterocycles. The Morgan fingerprint density at radius 1 is 1.33 bits per heavy atom. The zero-order valence-electron chi connectivity index (χ0n) is 11.5. The number of nitrogens with zero attached hydrogens (tertiary/aromatic N) is 1. The number of nitrogens with one attached hydrogen (secondary N) is 2. The lowest BCUT2D eigenvalue weighted by Gasteiger charge is -2.09. The third kappa shape index (κ3) is 4.44. The summed E-state index contributed by atoms with van der Waals surface area (Å²) in [6.07, 6.45) is 2.60. The van der Waals surface area contributed by atoms with Crippen LogP contribution in [0, 0.1) is 0 Å². The number of hydrogen-bond donors (Lipinski definition) is 2. The van der Waals surface area contributed by atoms with Gasteiger partial charge in [-0.05, 0) is 36.8 Å². The maximum atomic E-state index is 12.2. The molecule has 0 spiro atoms. The quantitative estimate of drug-likeness (QED) is 0.812. The van der Waals surface area contributed by atoms with Gasteiger partial charge in [0.15, 0.2) is 0 Å². The largest absolute Gasteiger partial charge is 0.370 e. The SMILES string of the molecule is CCCNc1cc(C(=O)Nc2ccc(Br)cc2Cl)ccn1. The minimum Gasteiger partial charge on any atom is -0.370 e. The van der Waals surface area contributed by atoms with Gasteiger partial charge in [-0.15, -0.1) is 0 Å². The average Bonchev–Trinajstić information content (AvgIpc) is 2.48. The highest BCUT2D eigenvalue weighted by Gasteiger charge is 2.09. The number of halogens is 2. The smallest absolute Gasteiger partial charge is 0.255 e. The molecule has 6 heteroatoms. The summed E-state index contributed by atoms with van der Waals surface area (Å²) in [6.45, 7) is 2.88. The maximum Gasteiger partial charge on any atom is 0.255 e. The van der Waals surface area contributed by atoms with E-state index in [0.29, 0.717) is 22.1 Å². The Morgan fingerprint density at radius 2 is 2.14 bits per heavy atom. The molecule has 2 rings (SSSR count). The standard InChI is InChI=1S/C15H15BrClN3O/c1-2-6-18-14-8-10(5-7-19-14)15(21)20-13-4-3-11(16)9-12(13)17/h3-5,7-9H,2,6H2,1H3,(H,18,19)(H,20,21). The number of hydrogen-bond acceptors (Lipinski definition) is 3. The number of amides is 1. The number of carbonyl (C=O) groups is 1. The third-order valence-corrected chi connectivity index (χ3v) is 3.56. The molecule has 21 heavy (non-hydrogen) atoms. The Labute approximate surface area is 137 Å². The number of aromatic nitrogens is 1. The first-order valence-electron chi connectivity index (χ1n) is 6.56. The van der Waals surface area contributed by atoms with Gasteiger partial charge < -0.3 is 10.6 Å². The molecular weight excluding hydrogens is 354 g/mol. The molecule has 1 heterocycles. The Hall–Kier alpha value is -1.59. The van der Waals surface area contributed by atoms with E-state index in [1.165, 1.54) is 0 Å². The van der Waals surface area contributed by atoms with Crippen LogP contribution in [-0.4, -0.2) is 17.4 Å². The number of rotatable bonds is 5. The predicted molar refractivity (Wildman–Crippen MR) is 90.1 cm³/mol. The molecule has 1 aromatic carbocycles. The third-order valence-electron chi connectivity index (χ3n) is 2.76. The molecule has 1 amide bonds. The second-order valence-electron chi connectivity index (χ2n) is 4.43. The van der Waals surface area contributed by atoms with Gasteiger partial charge in [-0.25, -0.2) is 4.98 Å². The number of benzene rings is 1. The molecule has 110 valence electrons. The fourth-order valence-corrected chi connectivity index (χ4v) is 2.43. The summed E-state index contributed by atoms with van der Waals surface area (Å²) in [6, 6.07) is 8.69. The molecule has 2 N–H and O–H groups in total. The van der Waals surface area contributed by atoms with Crippen LogP contribution in [-0.2, 0) is 0 Å². The van der Waals surface area contributed by atoms with E-state index in [1.807, 2.05) is 6.07 Å². The van der Waals surface area contributed by atoms with Gasteiger partial charge in [-0.3, -0.25) is 4.79 Å². The summed E-state index contributed by atoms with van der Waals surface area (Å²) in [5.74, 6) is 0.465. The molecule has 0 fully saturated rings. The van der Waals surface area contributed by atoms with Crippen LogP contribution in [0.4, 0.5) is 11.5 Å². The minimum atomic E-state index is -0.221. The van der Waals surface area contributed by atoms with Gasteiger partial charge in [0, 0.05) is 22.8 Å². The first-order chi connectivity index (χ1) is 10.1. The van der Waals surface area contributed by atoms with Crippen LogP contribution in [0.3, 0.4) is 0 Å². The second kappa shape index (κ2) is 7.43. The van der Waals surface area contributed by atoms with Crippen LogP contribution in [0.1, 0.15) is 23.7 Å². The molecule has 0 saturated carbocycles. The van der Waals surface area contributed by atoms with Crippen molar-refractivity contribution in [2.75, 3.05) is 17.2 Å². The highest BCUT2D eigenvalue weighted by molar-refractivity contribution is 9.10. The Bertz CT molecular complexity index is 649. The minimum absolute atomic E-state index is 0.221. The highest BCUT2D eigenvalue weighted by Crippen LogP contribution is 2.26. The maximum absolute atomic E-state index is 12.2. The van der Waals surface area contributed by atoms with Crippen molar-refractivity contribution in [3.63, 3.8) is 0 Å². The molecule has 2 aromatic rings. The zero-order chi connectivity index (χ0) is 15.2. The van der Waals surface area contributed by atoms with Gasteiger partial charge in [0.25, 0.3) is 5.91 Å². The molecular formula is C15H15BrClN3O. The number of pyridine rings is 1. The van der Waals surface area contributed by atoms with E-state index < -0.39 is 0 Å². The topological polar surface area (TPSA) is 54.0 Å². The van der Waals surface area contributed by atoms with Gasteiger partial charge in [-0.2, -0.15) is 0 Å². The first-order valence-corrected chi connectivity index (χ1v) is 7.73. The lowest BCUT2D eigenvalue weighted by atomic mass is 10.2. The normalized spacial score (nSPS) is 10.2. The summed E-state index contributed by atoms with van der Waals surface area (Å²) >= 11 is 9.42. The summed E-state index contributed by atoms with van der Waals surface area (Å²) < 4.78 is 0.862. The predicted octanol–water partition coefficient (Wildman–Crippen LogP) is 4.57. The summed E-state index contributed by atoms with van der Waals surface area (Å²) in [7, 11) is 0. The fraction of sp³-hybridized carbons (Fsp3) is 0.200. The Kier molecular flexibility index (Phi) is 5.59. The van der Waals surface area contributed by atoms with Crippen LogP contribution in [0.15, 0.2) is 41.0 Å². The van der Waals surface area contributed by atoms with Crippen molar-refractivity contribution in [1.29, 1.82) is 0 Å². The summed E-state index contributed by atoms with van der Waals surface area (Å²) in [4.78, 5) is 16.4. The molecule has 0 aliphatic carbocycles. The van der Waals surface area contributed by atoms with E-state index in [9.17, 15) is 4.79 Å². The van der Waals surface area contributed by atoms with E-state index in [1.54, 1.807) is 30.5 Å². The van der Waals surface area contributed by atoms with Crippen molar-refractivity contribution in [1.82, 2.24) is 4.98 Å². The molecule has 0 bridgehead atoms. The molecule has 0 atom stereocenters. The summed E-state index contributed by atoms with van der Waals surface area (Å²) in [5.41, 5.74) is 1.10. The van der Waals surface area contributed by atoms with Crippen LogP contribution in [0.25, 0.3) is 0 Å². The van der Waals surface area contributed by atoms with Crippen LogP contribution in [0.2, 0.25) is 5.02 Å². The molecule has 1 aromatic heterocycles. The van der Waals surface area contributed by atoms with Crippen LogP contribution >= 0.6 is 27.5 Å². The monoisotopic (exact) mass is 367 g/mol. The Balaban J connectivity index is 2.12. The van der Waals surface area contributed by atoms with Gasteiger partial charge in [-0.1, -0.05) is 34.5 Å². The highest BCUT2D eigenvalue weighted by atomic mass is 79.9. The summed E-state index contributed by atoms with van der Waals surface area (Å²) in [5, 5.41) is 6.42. The number of carbonyl (C=O) groups excluding carboxylic acids is 1. The Morgan fingerprint density at radius 3 is 2.86 bits per heavy atom. The average molecular weight is 369 g/mol.